The van der Waals surface area contributed by atoms with Crippen LogP contribution in [0.3, 0.4) is 0 Å². The molecule has 0 atom stereocenters. The van der Waals surface area contributed by atoms with Gasteiger partial charge in [-0.1, -0.05) is 22.0 Å². The zero-order valence-electron chi connectivity index (χ0n) is 10.7. The highest BCUT2D eigenvalue weighted by molar-refractivity contribution is 9.10. The second-order valence-corrected chi connectivity index (χ2v) is 5.36. The summed E-state index contributed by atoms with van der Waals surface area (Å²) in [6.45, 7) is 2.02. The number of rotatable bonds is 2. The number of imidazole rings is 1. The highest BCUT2D eigenvalue weighted by Gasteiger charge is 2.11. The van der Waals surface area contributed by atoms with E-state index in [1.165, 1.54) is 0 Å². The van der Waals surface area contributed by atoms with Crippen LogP contribution in [0.1, 0.15) is 15.9 Å². The first-order valence-corrected chi connectivity index (χ1v) is 6.83. The lowest BCUT2D eigenvalue weighted by Crippen LogP contribution is -1.97. The van der Waals surface area contributed by atoms with Crippen LogP contribution in [-0.4, -0.2) is 20.6 Å². The molecular formula is C15H11BrN2O2. The fraction of sp³-hybridized carbons (Fsp3) is 0.0667. The normalized spacial score (nSPS) is 10.9. The molecule has 3 aromatic rings. The van der Waals surface area contributed by atoms with Gasteiger partial charge in [-0.05, 0) is 42.8 Å². The highest BCUT2D eigenvalue weighted by atomic mass is 79.9. The molecule has 1 N–H and O–H groups in total. The van der Waals surface area contributed by atoms with Gasteiger partial charge in [0.1, 0.15) is 6.33 Å². The lowest BCUT2D eigenvalue weighted by molar-refractivity contribution is 0.0697. The number of carbonyl (C=O) groups is 1. The SMILES string of the molecule is Cc1c(Br)cccc1-n1cnc2cc(C(=O)O)ccc21. The Labute approximate surface area is 123 Å². The predicted molar refractivity (Wildman–Crippen MR) is 80.5 cm³/mol. The van der Waals surface area contributed by atoms with E-state index in [0.717, 1.165) is 21.2 Å². The maximum Gasteiger partial charge on any atom is 0.335 e. The first-order chi connectivity index (χ1) is 9.58. The van der Waals surface area contributed by atoms with E-state index < -0.39 is 5.97 Å². The number of aromatic nitrogens is 2. The Morgan fingerprint density at radius 1 is 1.30 bits per heavy atom. The fourth-order valence-electron chi connectivity index (χ4n) is 2.19. The van der Waals surface area contributed by atoms with E-state index in [1.807, 2.05) is 29.7 Å². The third-order valence-electron chi connectivity index (χ3n) is 3.29. The molecule has 0 radical (unpaired) electrons. The van der Waals surface area contributed by atoms with Crippen LogP contribution in [0.2, 0.25) is 0 Å². The minimum Gasteiger partial charge on any atom is -0.478 e. The molecule has 0 saturated carbocycles. The smallest absolute Gasteiger partial charge is 0.335 e. The zero-order valence-corrected chi connectivity index (χ0v) is 12.3. The molecule has 0 saturated heterocycles. The van der Waals surface area contributed by atoms with Gasteiger partial charge in [0.05, 0.1) is 22.3 Å². The molecule has 0 amide bonds. The summed E-state index contributed by atoms with van der Waals surface area (Å²) >= 11 is 3.51. The summed E-state index contributed by atoms with van der Waals surface area (Å²) in [5, 5.41) is 9.01. The number of nitrogens with zero attached hydrogens (tertiary/aromatic N) is 2. The Kier molecular flexibility index (Phi) is 3.06. The van der Waals surface area contributed by atoms with Gasteiger partial charge in [0, 0.05) is 4.47 Å². The van der Waals surface area contributed by atoms with Gasteiger partial charge in [0.2, 0.25) is 0 Å². The molecule has 0 unspecified atom stereocenters. The second-order valence-electron chi connectivity index (χ2n) is 4.51. The number of aromatic carboxylic acids is 1. The van der Waals surface area contributed by atoms with Crippen molar-refractivity contribution in [2.45, 2.75) is 6.92 Å². The summed E-state index contributed by atoms with van der Waals surface area (Å²) in [4.78, 5) is 15.3. The Balaban J connectivity index is 2.23. The third-order valence-corrected chi connectivity index (χ3v) is 4.15. The van der Waals surface area contributed by atoms with E-state index in [9.17, 15) is 4.79 Å². The number of carboxylic acid groups (broad SMARTS) is 1. The Bertz CT molecular complexity index is 824. The summed E-state index contributed by atoms with van der Waals surface area (Å²) in [6.07, 6.45) is 1.71. The monoisotopic (exact) mass is 330 g/mol. The molecule has 0 aliphatic heterocycles. The number of hydrogen-bond acceptors (Lipinski definition) is 2. The van der Waals surface area contributed by atoms with Crippen molar-refractivity contribution in [2.75, 3.05) is 0 Å². The van der Waals surface area contributed by atoms with Gasteiger partial charge in [-0.3, -0.25) is 4.57 Å². The van der Waals surface area contributed by atoms with Gasteiger partial charge in [-0.15, -0.1) is 0 Å². The Morgan fingerprint density at radius 3 is 2.85 bits per heavy atom. The summed E-state index contributed by atoms with van der Waals surface area (Å²) in [6, 6.07) is 10.9. The zero-order chi connectivity index (χ0) is 14.3. The average molecular weight is 331 g/mol. The summed E-state index contributed by atoms with van der Waals surface area (Å²) in [7, 11) is 0. The number of benzene rings is 2. The van der Waals surface area contributed by atoms with Crippen molar-refractivity contribution >= 4 is 32.9 Å². The van der Waals surface area contributed by atoms with E-state index in [-0.39, 0.29) is 5.56 Å². The fourth-order valence-corrected chi connectivity index (χ4v) is 2.55. The van der Waals surface area contributed by atoms with Gasteiger partial charge in [-0.25, -0.2) is 9.78 Å². The first kappa shape index (κ1) is 12.9. The number of halogens is 1. The largest absolute Gasteiger partial charge is 0.478 e. The van der Waals surface area contributed by atoms with Crippen LogP contribution in [-0.2, 0) is 0 Å². The van der Waals surface area contributed by atoms with E-state index in [2.05, 4.69) is 20.9 Å². The van der Waals surface area contributed by atoms with E-state index in [0.29, 0.717) is 5.52 Å². The van der Waals surface area contributed by atoms with Crippen molar-refractivity contribution in [1.82, 2.24) is 9.55 Å². The summed E-state index contributed by atoms with van der Waals surface area (Å²) in [5.41, 5.74) is 3.92. The molecule has 1 heterocycles. The molecule has 0 aliphatic rings. The number of hydrogen-bond donors (Lipinski definition) is 1. The Hall–Kier alpha value is -2.14. The van der Waals surface area contributed by atoms with Crippen LogP contribution in [0.15, 0.2) is 47.2 Å². The topological polar surface area (TPSA) is 55.1 Å². The molecule has 4 nitrogen and oxygen atoms in total. The molecule has 0 spiro atoms. The van der Waals surface area contributed by atoms with Gasteiger partial charge in [0.25, 0.3) is 0 Å². The van der Waals surface area contributed by atoms with Gasteiger partial charge < -0.3 is 5.11 Å². The maximum absolute atomic E-state index is 11.0. The Morgan fingerprint density at radius 2 is 2.10 bits per heavy atom. The molecule has 100 valence electrons. The lowest BCUT2D eigenvalue weighted by atomic mass is 10.1. The first-order valence-electron chi connectivity index (χ1n) is 6.04. The predicted octanol–water partition coefficient (Wildman–Crippen LogP) is 3.79. The second kappa shape index (κ2) is 4.76. The van der Waals surface area contributed by atoms with Gasteiger partial charge in [0.15, 0.2) is 0 Å². The maximum atomic E-state index is 11.0. The van der Waals surface area contributed by atoms with E-state index in [4.69, 9.17) is 5.11 Å². The minimum absolute atomic E-state index is 0.244. The van der Waals surface area contributed by atoms with Gasteiger partial charge in [-0.2, -0.15) is 0 Å². The van der Waals surface area contributed by atoms with Crippen LogP contribution < -0.4 is 0 Å². The summed E-state index contributed by atoms with van der Waals surface area (Å²) in [5.74, 6) is -0.944. The average Bonchev–Trinajstić information content (AvgIpc) is 2.84. The van der Waals surface area contributed by atoms with Crippen LogP contribution in [0.4, 0.5) is 0 Å². The van der Waals surface area contributed by atoms with Crippen LogP contribution in [0.5, 0.6) is 0 Å². The molecular weight excluding hydrogens is 320 g/mol. The number of carboxylic acids is 1. The minimum atomic E-state index is -0.944. The van der Waals surface area contributed by atoms with Crippen LogP contribution in [0.25, 0.3) is 16.7 Å². The molecule has 1 aromatic heterocycles. The molecule has 20 heavy (non-hydrogen) atoms. The van der Waals surface area contributed by atoms with Crippen molar-refractivity contribution in [3.05, 3.63) is 58.3 Å². The third kappa shape index (κ3) is 2.00. The van der Waals surface area contributed by atoms with Crippen molar-refractivity contribution in [2.24, 2.45) is 0 Å². The lowest BCUT2D eigenvalue weighted by Gasteiger charge is -2.09. The standard InChI is InChI=1S/C15H11BrN2O2/c1-9-11(16)3-2-4-13(9)18-8-17-12-7-10(15(19)20)5-6-14(12)18/h2-8H,1H3,(H,19,20). The molecule has 2 aromatic carbocycles. The summed E-state index contributed by atoms with van der Waals surface area (Å²) < 4.78 is 2.99. The van der Waals surface area contributed by atoms with Crippen molar-refractivity contribution in [3.8, 4) is 5.69 Å². The number of fused-ring (bicyclic) bond motifs is 1. The molecule has 0 aliphatic carbocycles. The molecule has 3 rings (SSSR count). The van der Waals surface area contributed by atoms with Crippen molar-refractivity contribution < 1.29 is 9.90 Å². The molecule has 0 fully saturated rings. The van der Waals surface area contributed by atoms with Gasteiger partial charge >= 0.3 is 5.97 Å². The van der Waals surface area contributed by atoms with Crippen LogP contribution in [0, 0.1) is 6.92 Å². The van der Waals surface area contributed by atoms with E-state index in [1.54, 1.807) is 24.5 Å². The highest BCUT2D eigenvalue weighted by Crippen LogP contribution is 2.26. The van der Waals surface area contributed by atoms with Crippen molar-refractivity contribution in [3.63, 3.8) is 0 Å². The van der Waals surface area contributed by atoms with Crippen molar-refractivity contribution in [1.29, 1.82) is 0 Å². The quantitative estimate of drug-likeness (QED) is 0.777. The van der Waals surface area contributed by atoms with E-state index >= 15 is 0 Å². The molecule has 0 bridgehead atoms. The molecule has 5 heteroatoms. The van der Waals surface area contributed by atoms with Crippen LogP contribution >= 0.6 is 15.9 Å².